The molecule has 1 saturated heterocycles. The molecule has 1 N–H and O–H groups in total. The van der Waals surface area contributed by atoms with Gasteiger partial charge in [-0.2, -0.15) is 0 Å². The lowest BCUT2D eigenvalue weighted by Crippen LogP contribution is -2.29. The highest BCUT2D eigenvalue weighted by Gasteiger charge is 2.47. The molecule has 1 amide bonds. The molecule has 1 aliphatic rings. The fourth-order valence-corrected chi connectivity index (χ4v) is 3.93. The van der Waals surface area contributed by atoms with Gasteiger partial charge in [0, 0.05) is 12.1 Å². The van der Waals surface area contributed by atoms with Crippen LogP contribution in [0.2, 0.25) is 0 Å². The number of furan rings is 1. The fraction of sp³-hybridized carbons (Fsp3) is 0.200. The molecule has 4 rings (SSSR count). The van der Waals surface area contributed by atoms with Gasteiger partial charge in [0.2, 0.25) is 0 Å². The maximum Gasteiger partial charge on any atom is 0.296 e. The number of benzene rings is 2. The molecule has 0 bridgehead atoms. The highest BCUT2D eigenvalue weighted by atomic mass is 16.5. The molecule has 0 saturated carbocycles. The number of aliphatic hydroxyl groups is 1. The van der Waals surface area contributed by atoms with E-state index in [0.717, 1.165) is 5.56 Å². The predicted molar refractivity (Wildman–Crippen MR) is 117 cm³/mol. The van der Waals surface area contributed by atoms with Gasteiger partial charge in [0.25, 0.3) is 11.7 Å². The van der Waals surface area contributed by atoms with Crippen LogP contribution in [0.15, 0.2) is 70.9 Å². The normalized spacial score (nSPS) is 17.6. The number of ketones is 1. The SMILES string of the molecule is COc1cccc(CN2C(=O)C(=O)/C(=C(\O)c3ccc(OC)cc3C)C2c2ccco2)c1. The zero-order valence-electron chi connectivity index (χ0n) is 18.0. The van der Waals surface area contributed by atoms with Crippen LogP contribution in [-0.2, 0) is 16.1 Å². The van der Waals surface area contributed by atoms with Crippen molar-refractivity contribution < 1.29 is 28.6 Å². The largest absolute Gasteiger partial charge is 0.507 e. The van der Waals surface area contributed by atoms with Gasteiger partial charge in [-0.15, -0.1) is 0 Å². The first kappa shape index (κ1) is 21.2. The minimum absolute atomic E-state index is 0.0129. The van der Waals surface area contributed by atoms with Gasteiger partial charge in [-0.3, -0.25) is 9.59 Å². The lowest BCUT2D eigenvalue weighted by atomic mass is 9.97. The molecule has 1 aliphatic heterocycles. The highest BCUT2D eigenvalue weighted by molar-refractivity contribution is 6.46. The summed E-state index contributed by atoms with van der Waals surface area (Å²) in [4.78, 5) is 27.5. The number of rotatable bonds is 6. The Balaban J connectivity index is 1.82. The molecule has 2 heterocycles. The van der Waals surface area contributed by atoms with Gasteiger partial charge in [-0.25, -0.2) is 0 Å². The number of methoxy groups -OCH3 is 2. The lowest BCUT2D eigenvalue weighted by molar-refractivity contribution is -0.140. The van der Waals surface area contributed by atoms with Crippen molar-refractivity contribution in [2.24, 2.45) is 0 Å². The molecular formula is C25H23NO6. The van der Waals surface area contributed by atoms with Crippen LogP contribution in [0.1, 0.15) is 28.5 Å². The average molecular weight is 433 g/mol. The van der Waals surface area contributed by atoms with Crippen molar-refractivity contribution in [1.29, 1.82) is 0 Å². The smallest absolute Gasteiger partial charge is 0.296 e. The second kappa shape index (κ2) is 8.63. The molecule has 1 unspecified atom stereocenters. The molecule has 2 aromatic carbocycles. The second-order valence-electron chi connectivity index (χ2n) is 7.47. The van der Waals surface area contributed by atoms with Gasteiger partial charge >= 0.3 is 0 Å². The molecular weight excluding hydrogens is 410 g/mol. The summed E-state index contributed by atoms with van der Waals surface area (Å²) >= 11 is 0. The Hall–Kier alpha value is -4.00. The standard InChI is InChI=1S/C25H23NO6/c1-15-12-18(31-3)9-10-19(15)23(27)21-22(20-8-5-11-32-20)26(25(29)24(21)28)14-16-6-4-7-17(13-16)30-2/h4-13,22,27H,14H2,1-3H3/b23-21-. The summed E-state index contributed by atoms with van der Waals surface area (Å²) in [5.74, 6) is -0.0654. The third kappa shape index (κ3) is 3.73. The Kier molecular flexibility index (Phi) is 5.73. The van der Waals surface area contributed by atoms with Gasteiger partial charge in [-0.05, 0) is 60.5 Å². The number of nitrogens with zero attached hydrogens (tertiary/aromatic N) is 1. The Morgan fingerprint density at radius 3 is 2.44 bits per heavy atom. The van der Waals surface area contributed by atoms with Gasteiger partial charge in [0.15, 0.2) is 0 Å². The van der Waals surface area contributed by atoms with E-state index in [1.165, 1.54) is 11.2 Å². The molecule has 1 aromatic heterocycles. The number of likely N-dealkylation sites (tertiary alicyclic amines) is 1. The molecule has 0 aliphatic carbocycles. The molecule has 1 atom stereocenters. The number of carbonyl (C=O) groups is 2. The number of carbonyl (C=O) groups excluding carboxylic acids is 2. The molecule has 7 heteroatoms. The first-order valence-corrected chi connectivity index (χ1v) is 10.0. The van der Waals surface area contributed by atoms with Gasteiger partial charge < -0.3 is 23.9 Å². The summed E-state index contributed by atoms with van der Waals surface area (Å²) < 4.78 is 16.1. The maximum absolute atomic E-state index is 13.1. The van der Waals surface area contributed by atoms with Crippen molar-refractivity contribution in [1.82, 2.24) is 4.90 Å². The van der Waals surface area contributed by atoms with E-state index < -0.39 is 17.7 Å². The minimum atomic E-state index is -0.863. The van der Waals surface area contributed by atoms with Crippen LogP contribution in [-0.4, -0.2) is 35.9 Å². The van der Waals surface area contributed by atoms with E-state index >= 15 is 0 Å². The van der Waals surface area contributed by atoms with Gasteiger partial charge in [0.05, 0.1) is 26.1 Å². The van der Waals surface area contributed by atoms with Crippen LogP contribution < -0.4 is 9.47 Å². The van der Waals surface area contributed by atoms with Crippen molar-refractivity contribution >= 4 is 17.4 Å². The Morgan fingerprint density at radius 2 is 1.78 bits per heavy atom. The molecule has 32 heavy (non-hydrogen) atoms. The lowest BCUT2D eigenvalue weighted by Gasteiger charge is -2.23. The number of hydrogen-bond donors (Lipinski definition) is 1. The summed E-state index contributed by atoms with van der Waals surface area (Å²) in [5, 5.41) is 11.2. The van der Waals surface area contributed by atoms with Crippen LogP contribution in [0, 0.1) is 6.92 Å². The van der Waals surface area contributed by atoms with Gasteiger partial charge in [-0.1, -0.05) is 12.1 Å². The number of amides is 1. The highest BCUT2D eigenvalue weighted by Crippen LogP contribution is 2.41. The van der Waals surface area contributed by atoms with Crippen LogP contribution in [0.5, 0.6) is 11.5 Å². The number of aliphatic hydroxyl groups excluding tert-OH is 1. The minimum Gasteiger partial charge on any atom is -0.507 e. The molecule has 7 nitrogen and oxygen atoms in total. The van der Waals surface area contributed by atoms with E-state index in [2.05, 4.69) is 0 Å². The average Bonchev–Trinajstić information content (AvgIpc) is 3.41. The zero-order chi connectivity index (χ0) is 22.8. The van der Waals surface area contributed by atoms with Crippen LogP contribution in [0.25, 0.3) is 5.76 Å². The van der Waals surface area contributed by atoms with E-state index in [4.69, 9.17) is 13.9 Å². The molecule has 0 spiro atoms. The number of aryl methyl sites for hydroxylation is 1. The quantitative estimate of drug-likeness (QED) is 0.356. The summed E-state index contributed by atoms with van der Waals surface area (Å²) in [5.41, 5.74) is 1.92. The Labute approximate surface area is 185 Å². The third-order valence-corrected chi connectivity index (χ3v) is 5.53. The molecule has 1 fully saturated rings. The Bertz CT molecular complexity index is 1190. The zero-order valence-corrected chi connectivity index (χ0v) is 18.0. The summed E-state index contributed by atoms with van der Waals surface area (Å²) in [7, 11) is 3.11. The third-order valence-electron chi connectivity index (χ3n) is 5.53. The van der Waals surface area contributed by atoms with Crippen molar-refractivity contribution in [3.63, 3.8) is 0 Å². The monoisotopic (exact) mass is 433 g/mol. The van der Waals surface area contributed by atoms with Crippen LogP contribution in [0.3, 0.4) is 0 Å². The second-order valence-corrected chi connectivity index (χ2v) is 7.47. The summed E-state index contributed by atoms with van der Waals surface area (Å²) in [6.45, 7) is 1.94. The first-order valence-electron chi connectivity index (χ1n) is 10.0. The maximum atomic E-state index is 13.1. The fourth-order valence-electron chi connectivity index (χ4n) is 3.93. The number of ether oxygens (including phenoxy) is 2. The summed E-state index contributed by atoms with van der Waals surface area (Å²) in [6, 6.07) is 14.9. The van der Waals surface area contributed by atoms with Crippen molar-refractivity contribution in [3.05, 3.63) is 88.9 Å². The Morgan fingerprint density at radius 1 is 1.03 bits per heavy atom. The number of Topliss-reactive ketones (excluding diaryl/α,β-unsaturated/α-hetero) is 1. The predicted octanol–water partition coefficient (Wildman–Crippen LogP) is 4.23. The van der Waals surface area contributed by atoms with E-state index in [1.54, 1.807) is 63.6 Å². The molecule has 0 radical (unpaired) electrons. The summed E-state index contributed by atoms with van der Waals surface area (Å²) in [6.07, 6.45) is 1.47. The molecule has 164 valence electrons. The van der Waals surface area contributed by atoms with E-state index in [-0.39, 0.29) is 17.9 Å². The van der Waals surface area contributed by atoms with Crippen LogP contribution >= 0.6 is 0 Å². The van der Waals surface area contributed by atoms with E-state index in [0.29, 0.717) is 28.4 Å². The topological polar surface area (TPSA) is 89.2 Å². The van der Waals surface area contributed by atoms with E-state index in [1.807, 2.05) is 12.1 Å². The van der Waals surface area contributed by atoms with Crippen molar-refractivity contribution in [2.75, 3.05) is 14.2 Å². The van der Waals surface area contributed by atoms with Crippen molar-refractivity contribution in [3.8, 4) is 11.5 Å². The van der Waals surface area contributed by atoms with Crippen molar-refractivity contribution in [2.45, 2.75) is 19.5 Å². The molecule has 3 aromatic rings. The van der Waals surface area contributed by atoms with Crippen LogP contribution in [0.4, 0.5) is 0 Å². The van der Waals surface area contributed by atoms with E-state index in [9.17, 15) is 14.7 Å². The van der Waals surface area contributed by atoms with Gasteiger partial charge in [0.1, 0.15) is 29.1 Å². The number of hydrogen-bond acceptors (Lipinski definition) is 6. The first-order chi connectivity index (χ1) is 15.4.